The van der Waals surface area contributed by atoms with E-state index in [1.54, 1.807) is 19.5 Å². The van der Waals surface area contributed by atoms with E-state index in [0.717, 1.165) is 33.5 Å². The van der Waals surface area contributed by atoms with Crippen molar-refractivity contribution >= 4 is 11.0 Å². The van der Waals surface area contributed by atoms with E-state index in [2.05, 4.69) is 9.97 Å². The van der Waals surface area contributed by atoms with Crippen LogP contribution < -0.4 is 10.5 Å². The molecule has 1 heterocycles. The Morgan fingerprint density at radius 3 is 2.40 bits per heavy atom. The molecular formula is C16H15N3O. The Hall–Kier alpha value is -2.46. The average molecular weight is 265 g/mol. The van der Waals surface area contributed by atoms with Crippen LogP contribution in [0.15, 0.2) is 48.8 Å². The third kappa shape index (κ3) is 2.10. The van der Waals surface area contributed by atoms with Gasteiger partial charge in [-0.15, -0.1) is 0 Å². The van der Waals surface area contributed by atoms with Gasteiger partial charge in [-0.3, -0.25) is 9.97 Å². The zero-order valence-electron chi connectivity index (χ0n) is 11.2. The Bertz CT molecular complexity index is 756. The van der Waals surface area contributed by atoms with Crippen LogP contribution in [-0.4, -0.2) is 17.1 Å². The topological polar surface area (TPSA) is 61.0 Å². The minimum atomic E-state index is 0.444. The molecule has 0 saturated carbocycles. The van der Waals surface area contributed by atoms with Crippen LogP contribution in [-0.2, 0) is 6.54 Å². The summed E-state index contributed by atoms with van der Waals surface area (Å²) >= 11 is 0. The molecule has 0 aliphatic rings. The maximum Gasteiger partial charge on any atom is 0.126 e. The molecule has 2 aromatic carbocycles. The zero-order chi connectivity index (χ0) is 13.9. The number of ether oxygens (including phenoxy) is 1. The molecule has 3 aromatic rings. The number of aromatic nitrogens is 2. The largest absolute Gasteiger partial charge is 0.496 e. The minimum absolute atomic E-state index is 0.444. The van der Waals surface area contributed by atoms with Crippen LogP contribution in [0.5, 0.6) is 5.75 Å². The van der Waals surface area contributed by atoms with Crippen molar-refractivity contribution in [3.8, 4) is 16.9 Å². The van der Waals surface area contributed by atoms with Gasteiger partial charge in [0.25, 0.3) is 0 Å². The predicted octanol–water partition coefficient (Wildman–Crippen LogP) is 2.76. The molecule has 0 aliphatic heterocycles. The average Bonchev–Trinajstić information content (AvgIpc) is 2.53. The van der Waals surface area contributed by atoms with E-state index in [1.807, 2.05) is 36.4 Å². The van der Waals surface area contributed by atoms with Gasteiger partial charge in [-0.1, -0.05) is 18.2 Å². The summed E-state index contributed by atoms with van der Waals surface area (Å²) in [6.45, 7) is 0.444. The van der Waals surface area contributed by atoms with Gasteiger partial charge in [0.1, 0.15) is 5.75 Å². The molecule has 0 saturated heterocycles. The molecule has 0 bridgehead atoms. The lowest BCUT2D eigenvalue weighted by Crippen LogP contribution is -2.01. The molecule has 2 N–H and O–H groups in total. The van der Waals surface area contributed by atoms with Gasteiger partial charge in [-0.05, 0) is 29.3 Å². The fourth-order valence-electron chi connectivity index (χ4n) is 2.34. The summed E-state index contributed by atoms with van der Waals surface area (Å²) in [6, 6.07) is 11.9. The number of nitrogens with two attached hydrogens (primary N) is 1. The normalized spacial score (nSPS) is 10.7. The molecule has 3 rings (SSSR count). The molecule has 4 heteroatoms. The number of fused-ring (bicyclic) bond motifs is 1. The first-order valence-corrected chi connectivity index (χ1v) is 6.40. The number of hydrogen-bond donors (Lipinski definition) is 1. The molecule has 0 aliphatic carbocycles. The second-order valence-corrected chi connectivity index (χ2v) is 4.46. The van der Waals surface area contributed by atoms with Crippen molar-refractivity contribution in [2.45, 2.75) is 6.54 Å². The third-order valence-corrected chi connectivity index (χ3v) is 3.31. The fourth-order valence-corrected chi connectivity index (χ4v) is 2.34. The van der Waals surface area contributed by atoms with Crippen molar-refractivity contribution < 1.29 is 4.74 Å². The lowest BCUT2D eigenvalue weighted by Gasteiger charge is -2.13. The van der Waals surface area contributed by atoms with Crippen molar-refractivity contribution in [2.24, 2.45) is 5.73 Å². The Labute approximate surface area is 117 Å². The highest BCUT2D eigenvalue weighted by molar-refractivity contribution is 5.85. The minimum Gasteiger partial charge on any atom is -0.496 e. The van der Waals surface area contributed by atoms with E-state index in [4.69, 9.17) is 10.5 Å². The molecule has 0 atom stereocenters. The highest BCUT2D eigenvalue weighted by Crippen LogP contribution is 2.33. The molecule has 0 spiro atoms. The number of nitrogens with zero attached hydrogens (tertiary/aromatic N) is 2. The van der Waals surface area contributed by atoms with Gasteiger partial charge in [0.15, 0.2) is 0 Å². The Kier molecular flexibility index (Phi) is 3.31. The van der Waals surface area contributed by atoms with Crippen molar-refractivity contribution in [3.05, 3.63) is 54.4 Å². The number of para-hydroxylation sites is 1. The Morgan fingerprint density at radius 2 is 1.70 bits per heavy atom. The number of hydrogen-bond acceptors (Lipinski definition) is 4. The van der Waals surface area contributed by atoms with Crippen LogP contribution in [0.3, 0.4) is 0 Å². The third-order valence-electron chi connectivity index (χ3n) is 3.31. The first-order chi connectivity index (χ1) is 9.83. The molecule has 100 valence electrons. The Balaban J connectivity index is 2.29. The quantitative estimate of drug-likeness (QED) is 0.791. The smallest absolute Gasteiger partial charge is 0.126 e. The maximum atomic E-state index is 5.88. The van der Waals surface area contributed by atoms with Crippen molar-refractivity contribution in [3.63, 3.8) is 0 Å². The van der Waals surface area contributed by atoms with E-state index >= 15 is 0 Å². The standard InChI is InChI=1S/C16H15N3O/c1-20-16-5-3-2-4-12(16)13-9-15-14(8-11(13)10-17)18-6-7-19-15/h2-9H,10,17H2,1H3. The van der Waals surface area contributed by atoms with E-state index in [9.17, 15) is 0 Å². The van der Waals surface area contributed by atoms with Crippen LogP contribution in [0.25, 0.3) is 22.2 Å². The van der Waals surface area contributed by atoms with Gasteiger partial charge < -0.3 is 10.5 Å². The summed E-state index contributed by atoms with van der Waals surface area (Å²) < 4.78 is 5.43. The van der Waals surface area contributed by atoms with Crippen molar-refractivity contribution in [2.75, 3.05) is 7.11 Å². The summed E-state index contributed by atoms with van der Waals surface area (Å²) in [5.74, 6) is 0.824. The summed E-state index contributed by atoms with van der Waals surface area (Å²) in [5, 5.41) is 0. The van der Waals surface area contributed by atoms with Crippen LogP contribution in [0, 0.1) is 0 Å². The monoisotopic (exact) mass is 265 g/mol. The van der Waals surface area contributed by atoms with Gasteiger partial charge in [0, 0.05) is 24.5 Å². The predicted molar refractivity (Wildman–Crippen MR) is 79.4 cm³/mol. The van der Waals surface area contributed by atoms with Crippen molar-refractivity contribution in [1.29, 1.82) is 0 Å². The lowest BCUT2D eigenvalue weighted by molar-refractivity contribution is 0.416. The van der Waals surface area contributed by atoms with E-state index in [0.29, 0.717) is 6.54 Å². The summed E-state index contributed by atoms with van der Waals surface area (Å²) in [7, 11) is 1.67. The van der Waals surface area contributed by atoms with Crippen LogP contribution in [0.2, 0.25) is 0 Å². The zero-order valence-corrected chi connectivity index (χ0v) is 11.2. The number of benzene rings is 2. The van der Waals surface area contributed by atoms with E-state index < -0.39 is 0 Å². The second kappa shape index (κ2) is 5.27. The summed E-state index contributed by atoms with van der Waals surface area (Å²) in [5.41, 5.74) is 10.7. The number of rotatable bonds is 3. The van der Waals surface area contributed by atoms with E-state index in [1.165, 1.54) is 0 Å². The van der Waals surface area contributed by atoms with Gasteiger partial charge >= 0.3 is 0 Å². The summed E-state index contributed by atoms with van der Waals surface area (Å²) in [4.78, 5) is 8.67. The highest BCUT2D eigenvalue weighted by Gasteiger charge is 2.11. The fraction of sp³-hybridized carbons (Fsp3) is 0.125. The summed E-state index contributed by atoms with van der Waals surface area (Å²) in [6.07, 6.45) is 3.38. The van der Waals surface area contributed by atoms with Crippen molar-refractivity contribution in [1.82, 2.24) is 9.97 Å². The van der Waals surface area contributed by atoms with Gasteiger partial charge in [-0.25, -0.2) is 0 Å². The molecule has 20 heavy (non-hydrogen) atoms. The molecule has 0 unspecified atom stereocenters. The first-order valence-electron chi connectivity index (χ1n) is 6.40. The maximum absolute atomic E-state index is 5.88. The van der Waals surface area contributed by atoms with Crippen LogP contribution in [0.4, 0.5) is 0 Å². The van der Waals surface area contributed by atoms with Gasteiger partial charge in [0.05, 0.1) is 18.1 Å². The lowest BCUT2D eigenvalue weighted by atomic mass is 9.98. The first kappa shape index (κ1) is 12.6. The van der Waals surface area contributed by atoms with Gasteiger partial charge in [0.2, 0.25) is 0 Å². The van der Waals surface area contributed by atoms with Crippen LogP contribution in [0.1, 0.15) is 5.56 Å². The molecule has 4 nitrogen and oxygen atoms in total. The highest BCUT2D eigenvalue weighted by atomic mass is 16.5. The SMILES string of the molecule is COc1ccccc1-c1cc2nccnc2cc1CN. The van der Waals surface area contributed by atoms with Gasteiger partial charge in [-0.2, -0.15) is 0 Å². The van der Waals surface area contributed by atoms with E-state index in [-0.39, 0.29) is 0 Å². The molecule has 0 radical (unpaired) electrons. The second-order valence-electron chi connectivity index (χ2n) is 4.46. The molecular weight excluding hydrogens is 250 g/mol. The van der Waals surface area contributed by atoms with Crippen LogP contribution >= 0.6 is 0 Å². The molecule has 0 amide bonds. The number of methoxy groups -OCH3 is 1. The Morgan fingerprint density at radius 1 is 1.00 bits per heavy atom. The molecule has 1 aromatic heterocycles. The molecule has 0 fully saturated rings.